The minimum atomic E-state index is 0.582. The molecule has 0 saturated carbocycles. The summed E-state index contributed by atoms with van der Waals surface area (Å²) in [6, 6.07) is 6.63. The fourth-order valence-electron chi connectivity index (χ4n) is 1.31. The van der Waals surface area contributed by atoms with Crippen molar-refractivity contribution in [3.05, 3.63) is 34.9 Å². The van der Waals surface area contributed by atoms with Gasteiger partial charge < -0.3 is 0 Å². The Morgan fingerprint density at radius 1 is 0.933 bits per heavy atom. The zero-order valence-electron chi connectivity index (χ0n) is 10.1. The van der Waals surface area contributed by atoms with Crippen molar-refractivity contribution in [2.75, 3.05) is 0 Å². The molecule has 2 heteroatoms. The number of hydrogen-bond donors (Lipinski definition) is 2. The van der Waals surface area contributed by atoms with Crippen LogP contribution in [0.1, 0.15) is 50.3 Å². The lowest BCUT2D eigenvalue weighted by Gasteiger charge is -2.09. The Hall–Kier alpha value is -0.0800. The number of benzene rings is 1. The van der Waals surface area contributed by atoms with E-state index in [0.717, 1.165) is 11.5 Å². The summed E-state index contributed by atoms with van der Waals surface area (Å²) in [5.74, 6) is 2.20. The van der Waals surface area contributed by atoms with E-state index in [2.05, 4.69) is 57.3 Å². The molecule has 1 aromatic carbocycles. The summed E-state index contributed by atoms with van der Waals surface area (Å²) in [6.07, 6.45) is 0. The van der Waals surface area contributed by atoms with Crippen LogP contribution in [0.2, 0.25) is 0 Å². The van der Waals surface area contributed by atoms with Gasteiger partial charge in [0.1, 0.15) is 0 Å². The predicted molar refractivity (Wildman–Crippen MR) is 77.3 cm³/mol. The van der Waals surface area contributed by atoms with Gasteiger partial charge in [-0.15, -0.1) is 0 Å². The zero-order valence-corrected chi connectivity index (χ0v) is 11.9. The van der Waals surface area contributed by atoms with E-state index in [1.54, 1.807) is 0 Å². The highest BCUT2D eigenvalue weighted by atomic mass is 32.1. The van der Waals surface area contributed by atoms with Gasteiger partial charge in [-0.1, -0.05) is 45.9 Å². The topological polar surface area (TPSA) is 0 Å². The normalized spacial score (nSPS) is 9.80. The van der Waals surface area contributed by atoms with Crippen molar-refractivity contribution in [3.63, 3.8) is 0 Å². The molecule has 0 spiro atoms. The molecule has 0 heterocycles. The second-order valence-corrected chi connectivity index (χ2v) is 4.19. The molecule has 0 aliphatic carbocycles. The van der Waals surface area contributed by atoms with Crippen LogP contribution in [0.4, 0.5) is 0 Å². The molecule has 0 radical (unpaired) electrons. The summed E-state index contributed by atoms with van der Waals surface area (Å²) in [7, 11) is 0. The summed E-state index contributed by atoms with van der Waals surface area (Å²) < 4.78 is 0. The molecule has 0 aliphatic heterocycles. The van der Waals surface area contributed by atoms with E-state index in [4.69, 9.17) is 0 Å². The fourth-order valence-corrected chi connectivity index (χ4v) is 1.67. The maximum Gasteiger partial charge on any atom is 0.0154 e. The van der Waals surface area contributed by atoms with Gasteiger partial charge in [-0.2, -0.15) is 25.3 Å². The van der Waals surface area contributed by atoms with E-state index in [9.17, 15) is 0 Å². The van der Waals surface area contributed by atoms with Gasteiger partial charge in [0.05, 0.1) is 0 Å². The quantitative estimate of drug-likeness (QED) is 0.706. The van der Waals surface area contributed by atoms with E-state index >= 15 is 0 Å². The molecular formula is C13H22S2. The molecule has 0 aliphatic rings. The van der Waals surface area contributed by atoms with E-state index < -0.39 is 0 Å². The summed E-state index contributed by atoms with van der Waals surface area (Å²) in [5.41, 5.74) is 3.97. The number of thiol groups is 2. The van der Waals surface area contributed by atoms with Crippen molar-refractivity contribution in [1.29, 1.82) is 0 Å². The Morgan fingerprint density at radius 2 is 1.33 bits per heavy atom. The molecule has 0 saturated heterocycles. The SMILES string of the molecule is CC.CC(C)c1cc(CS)cc(CS)c1. The number of hydrogen-bond acceptors (Lipinski definition) is 2. The van der Waals surface area contributed by atoms with Gasteiger partial charge in [0, 0.05) is 11.5 Å². The molecule has 0 unspecified atom stereocenters. The Labute approximate surface area is 105 Å². The van der Waals surface area contributed by atoms with Crippen molar-refractivity contribution in [1.82, 2.24) is 0 Å². The van der Waals surface area contributed by atoms with Crippen molar-refractivity contribution in [3.8, 4) is 0 Å². The standard InChI is InChI=1S/C11H16S2.C2H6/c1-8(2)11-4-9(6-12)3-10(5-11)7-13;1-2/h3-5,8,12-13H,6-7H2,1-2H3;1-2H3. The lowest BCUT2D eigenvalue weighted by atomic mass is 9.99. The third-order valence-electron chi connectivity index (χ3n) is 2.11. The largest absolute Gasteiger partial charge is 0.175 e. The maximum atomic E-state index is 4.29. The average molecular weight is 242 g/mol. The van der Waals surface area contributed by atoms with E-state index in [1.165, 1.54) is 16.7 Å². The van der Waals surface area contributed by atoms with Crippen molar-refractivity contribution in [2.45, 2.75) is 45.1 Å². The summed E-state index contributed by atoms with van der Waals surface area (Å²) >= 11 is 8.57. The summed E-state index contributed by atoms with van der Waals surface area (Å²) in [5, 5.41) is 0. The predicted octanol–water partition coefficient (Wildman–Crippen LogP) is 4.70. The van der Waals surface area contributed by atoms with Gasteiger partial charge in [-0.05, 0) is 22.6 Å². The van der Waals surface area contributed by atoms with Gasteiger partial charge in [0.2, 0.25) is 0 Å². The monoisotopic (exact) mass is 242 g/mol. The summed E-state index contributed by atoms with van der Waals surface area (Å²) in [6.45, 7) is 8.42. The molecule has 1 aromatic rings. The zero-order chi connectivity index (χ0) is 11.8. The first-order valence-corrected chi connectivity index (χ1v) is 6.78. The molecule has 86 valence electrons. The first kappa shape index (κ1) is 14.9. The molecule has 0 bridgehead atoms. The van der Waals surface area contributed by atoms with Gasteiger partial charge in [-0.3, -0.25) is 0 Å². The molecule has 0 amide bonds. The Morgan fingerprint density at radius 3 is 1.60 bits per heavy atom. The van der Waals surface area contributed by atoms with Crippen LogP contribution in [0.15, 0.2) is 18.2 Å². The molecule has 0 nitrogen and oxygen atoms in total. The van der Waals surface area contributed by atoms with Crippen LogP contribution in [0.3, 0.4) is 0 Å². The smallest absolute Gasteiger partial charge is 0.0154 e. The van der Waals surface area contributed by atoms with Crippen LogP contribution < -0.4 is 0 Å². The lowest BCUT2D eigenvalue weighted by molar-refractivity contribution is 0.862. The second-order valence-electron chi connectivity index (χ2n) is 3.55. The van der Waals surface area contributed by atoms with Crippen LogP contribution in [0.25, 0.3) is 0 Å². The van der Waals surface area contributed by atoms with Gasteiger partial charge >= 0.3 is 0 Å². The first-order valence-electron chi connectivity index (χ1n) is 5.51. The van der Waals surface area contributed by atoms with Crippen LogP contribution >= 0.6 is 25.3 Å². The molecule has 1 rings (SSSR count). The second kappa shape index (κ2) is 8.12. The van der Waals surface area contributed by atoms with Crippen molar-refractivity contribution in [2.24, 2.45) is 0 Å². The van der Waals surface area contributed by atoms with E-state index in [0.29, 0.717) is 5.92 Å². The van der Waals surface area contributed by atoms with Crippen LogP contribution in [0.5, 0.6) is 0 Å². The number of rotatable bonds is 3. The Bertz CT molecular complexity index is 258. The Kier molecular flexibility index (Phi) is 8.07. The van der Waals surface area contributed by atoms with Crippen LogP contribution in [-0.2, 0) is 11.5 Å². The minimum absolute atomic E-state index is 0.582. The molecule has 15 heavy (non-hydrogen) atoms. The molecule has 0 atom stereocenters. The summed E-state index contributed by atoms with van der Waals surface area (Å²) in [4.78, 5) is 0. The van der Waals surface area contributed by atoms with Crippen molar-refractivity contribution < 1.29 is 0 Å². The highest BCUT2D eigenvalue weighted by molar-refractivity contribution is 7.79. The van der Waals surface area contributed by atoms with Crippen LogP contribution in [-0.4, -0.2) is 0 Å². The average Bonchev–Trinajstić information content (AvgIpc) is 2.30. The van der Waals surface area contributed by atoms with E-state index in [1.807, 2.05) is 13.8 Å². The third kappa shape index (κ3) is 4.98. The highest BCUT2D eigenvalue weighted by Crippen LogP contribution is 2.20. The third-order valence-corrected chi connectivity index (χ3v) is 2.84. The molecular weight excluding hydrogens is 220 g/mol. The fraction of sp³-hybridized carbons (Fsp3) is 0.538. The molecule has 0 N–H and O–H groups in total. The van der Waals surface area contributed by atoms with Gasteiger partial charge in [-0.25, -0.2) is 0 Å². The molecule has 0 fully saturated rings. The van der Waals surface area contributed by atoms with Gasteiger partial charge in [0.15, 0.2) is 0 Å². The van der Waals surface area contributed by atoms with Crippen molar-refractivity contribution >= 4 is 25.3 Å². The highest BCUT2D eigenvalue weighted by Gasteiger charge is 2.02. The van der Waals surface area contributed by atoms with Crippen LogP contribution in [0, 0.1) is 0 Å². The Balaban J connectivity index is 0.000000921. The first-order chi connectivity index (χ1) is 7.17. The lowest BCUT2D eigenvalue weighted by Crippen LogP contribution is -1.92. The maximum absolute atomic E-state index is 4.29. The van der Waals surface area contributed by atoms with Gasteiger partial charge in [0.25, 0.3) is 0 Å². The minimum Gasteiger partial charge on any atom is -0.175 e. The molecule has 0 aromatic heterocycles. The van der Waals surface area contributed by atoms with E-state index in [-0.39, 0.29) is 0 Å².